The average Bonchev–Trinajstić information content (AvgIpc) is 1.87. The molecule has 6 aliphatic heterocycles. The Balaban J connectivity index is 0.913. The molecule has 85 heavy (non-hydrogen) atoms. The van der Waals surface area contributed by atoms with Crippen molar-refractivity contribution in [1.82, 2.24) is 45.0 Å². The molecule has 5 aromatic rings. The number of hydrazine groups is 1. The largest absolute Gasteiger partial charge is 0.464 e. The van der Waals surface area contributed by atoms with E-state index in [4.69, 9.17) is 33.7 Å². The number of thiazole rings is 1. The van der Waals surface area contributed by atoms with Crippen LogP contribution in [0.15, 0.2) is 66.2 Å². The number of likely N-dealkylation sites (tertiary alicyclic amines) is 1. The maximum Gasteiger partial charge on any atom is 0.324 e. The molecular formula is C65H84N10O9S. The highest BCUT2D eigenvalue weighted by atomic mass is 32.1. The van der Waals surface area contributed by atoms with Gasteiger partial charge in [0.1, 0.15) is 17.1 Å². The Morgan fingerprint density at radius 1 is 0.929 bits per heavy atom. The second-order valence-electron chi connectivity index (χ2n) is 26.4. The van der Waals surface area contributed by atoms with E-state index in [0.29, 0.717) is 96.1 Å². The predicted octanol–water partition coefficient (Wildman–Crippen LogP) is 7.03. The van der Waals surface area contributed by atoms with Gasteiger partial charge in [0.15, 0.2) is 0 Å². The predicted molar refractivity (Wildman–Crippen MR) is 323 cm³/mol. The van der Waals surface area contributed by atoms with Crippen LogP contribution in [0.3, 0.4) is 0 Å². The molecule has 13 rings (SSSR count). The van der Waals surface area contributed by atoms with Gasteiger partial charge in [0.2, 0.25) is 11.8 Å². The highest BCUT2D eigenvalue weighted by Gasteiger charge is 2.59. The van der Waals surface area contributed by atoms with E-state index in [1.807, 2.05) is 43.5 Å². The van der Waals surface area contributed by atoms with E-state index < -0.39 is 41.3 Å². The second kappa shape index (κ2) is 24.0. The molecule has 7 atom stereocenters. The van der Waals surface area contributed by atoms with Gasteiger partial charge >= 0.3 is 5.97 Å². The number of cyclic esters (lactones) is 1. The van der Waals surface area contributed by atoms with Crippen LogP contribution in [0, 0.1) is 28.6 Å². The molecule has 0 unspecified atom stereocenters. The van der Waals surface area contributed by atoms with Crippen molar-refractivity contribution in [3.63, 3.8) is 0 Å². The van der Waals surface area contributed by atoms with Crippen molar-refractivity contribution in [2.75, 3.05) is 105 Å². The first-order valence-corrected chi connectivity index (χ1v) is 32.0. The Morgan fingerprint density at radius 3 is 2.44 bits per heavy atom. The highest BCUT2D eigenvalue weighted by Crippen LogP contribution is 2.50. The zero-order chi connectivity index (χ0) is 58.7. The molecular weight excluding hydrogens is 1100 g/mol. The zero-order valence-electron chi connectivity index (χ0n) is 50.3. The summed E-state index contributed by atoms with van der Waals surface area (Å²) in [6, 6.07) is 16.8. The summed E-state index contributed by atoms with van der Waals surface area (Å²) < 4.78 is 33.1. The lowest BCUT2D eigenvalue weighted by Crippen LogP contribution is -2.70. The molecule has 7 fully saturated rings. The van der Waals surface area contributed by atoms with Gasteiger partial charge in [-0.2, -0.15) is 0 Å². The quantitative estimate of drug-likeness (QED) is 0.102. The van der Waals surface area contributed by atoms with Crippen molar-refractivity contribution < 1.29 is 42.9 Å². The number of piperazine rings is 1. The third-order valence-electron chi connectivity index (χ3n) is 19.5. The Morgan fingerprint density at radius 2 is 1.71 bits per heavy atom. The summed E-state index contributed by atoms with van der Waals surface area (Å²) in [6.07, 6.45) is 7.61. The molecule has 2 N–H and O–H groups in total. The summed E-state index contributed by atoms with van der Waals surface area (Å²) in [6.45, 7) is 18.0. The Bertz CT molecular complexity index is 3270. The van der Waals surface area contributed by atoms with Crippen LogP contribution in [0.5, 0.6) is 0 Å². The van der Waals surface area contributed by atoms with E-state index in [-0.39, 0.29) is 47.9 Å². The summed E-state index contributed by atoms with van der Waals surface area (Å²) in [4.78, 5) is 79.0. The molecule has 3 aromatic heterocycles. The van der Waals surface area contributed by atoms with Crippen LogP contribution in [-0.2, 0) is 62.4 Å². The van der Waals surface area contributed by atoms with Crippen molar-refractivity contribution in [2.24, 2.45) is 28.6 Å². The maximum atomic E-state index is 15.6. The fourth-order valence-corrected chi connectivity index (χ4v) is 15.3. The number of nitrogens with zero attached hydrogens (tertiary/aromatic N) is 8. The lowest BCUT2D eigenvalue weighted by molar-refractivity contribution is -0.202. The first-order chi connectivity index (χ1) is 41.1. The minimum absolute atomic E-state index is 0.0509. The number of ether oxygens (including phenoxy) is 5. The van der Waals surface area contributed by atoms with E-state index in [2.05, 4.69) is 80.4 Å². The van der Waals surface area contributed by atoms with E-state index in [0.717, 1.165) is 94.9 Å². The van der Waals surface area contributed by atoms with Crippen LogP contribution in [0.1, 0.15) is 100 Å². The van der Waals surface area contributed by atoms with Gasteiger partial charge in [0.25, 0.3) is 5.91 Å². The normalized spacial score (nSPS) is 26.8. The zero-order valence-corrected chi connectivity index (χ0v) is 51.1. The third kappa shape index (κ3) is 11.9. The highest BCUT2D eigenvalue weighted by molar-refractivity contribution is 7.10. The topological polar surface area (TPSA) is 185 Å². The monoisotopic (exact) mass is 1180 g/mol. The number of benzene rings is 2. The fraction of sp³-hybridized carbons (Fsp3) is 0.600. The smallest absolute Gasteiger partial charge is 0.324 e. The van der Waals surface area contributed by atoms with Gasteiger partial charge in [-0.05, 0) is 87.1 Å². The number of pyridine rings is 1. The van der Waals surface area contributed by atoms with Crippen molar-refractivity contribution in [3.8, 4) is 22.5 Å². The van der Waals surface area contributed by atoms with Gasteiger partial charge in [-0.25, -0.2) is 10.4 Å². The fourth-order valence-electron chi connectivity index (χ4n) is 14.3. The number of anilines is 1. The molecule has 454 valence electrons. The van der Waals surface area contributed by atoms with Crippen molar-refractivity contribution in [2.45, 2.75) is 122 Å². The minimum atomic E-state index is -1.13. The number of rotatable bonds is 15. The summed E-state index contributed by atoms with van der Waals surface area (Å²) in [5.74, 6) is -2.69. The molecule has 2 saturated carbocycles. The molecule has 3 amide bonds. The number of methoxy groups -OCH3 is 1. The maximum absolute atomic E-state index is 15.6. The number of hydrogen-bond donors (Lipinski definition) is 2. The number of hydrogen-bond acceptors (Lipinski definition) is 16. The van der Waals surface area contributed by atoms with E-state index >= 15 is 4.79 Å². The van der Waals surface area contributed by atoms with Crippen molar-refractivity contribution in [3.05, 3.63) is 88.0 Å². The van der Waals surface area contributed by atoms with E-state index in [9.17, 15) is 14.4 Å². The Hall–Kier alpha value is -5.84. The van der Waals surface area contributed by atoms with Gasteiger partial charge < -0.3 is 43.4 Å². The van der Waals surface area contributed by atoms with Crippen LogP contribution in [-0.4, -0.2) is 182 Å². The molecule has 19 nitrogen and oxygen atoms in total. The number of aromatic nitrogens is 3. The molecule has 2 aliphatic carbocycles. The summed E-state index contributed by atoms with van der Waals surface area (Å²) in [7, 11) is 3.52. The average molecular weight is 1180 g/mol. The Kier molecular flexibility index (Phi) is 16.5. The number of amides is 3. The van der Waals surface area contributed by atoms with Crippen molar-refractivity contribution >= 4 is 51.6 Å². The van der Waals surface area contributed by atoms with Gasteiger partial charge in [0, 0.05) is 131 Å². The van der Waals surface area contributed by atoms with Crippen LogP contribution >= 0.6 is 11.3 Å². The summed E-state index contributed by atoms with van der Waals surface area (Å²) in [5.41, 5.74) is 11.4. The Labute approximate surface area is 503 Å². The molecule has 2 aromatic carbocycles. The molecule has 9 heterocycles. The third-order valence-corrected chi connectivity index (χ3v) is 20.4. The minimum Gasteiger partial charge on any atom is -0.464 e. The van der Waals surface area contributed by atoms with Crippen LogP contribution < -0.4 is 15.6 Å². The SMILES string of the molecule is CO[C@@H](C)c1ncc(N2CCN(C3CC3)CC2)cc1-c1c2c3cc(ccc3n1CCOC1CCOCC1)-c1csc(n1)[C@@H](N1CC3(COC3)C1)[C@H](NC(=O)[C@@H]1[C@@H](C)[C@H]1C(=O)N(C)Cc1ccccc1)C(=O)N1CCC[C@H](N1)C(=O)OCC(C)(C)C2. The number of fused-ring (bicyclic) bond motifs is 6. The molecule has 5 saturated heterocycles. The number of nitrogens with one attached hydrogen (secondary N) is 2. The van der Waals surface area contributed by atoms with Crippen LogP contribution in [0.25, 0.3) is 33.4 Å². The lowest BCUT2D eigenvalue weighted by atomic mass is 9.76. The molecule has 6 bridgehead atoms. The lowest BCUT2D eigenvalue weighted by Gasteiger charge is -2.58. The first kappa shape index (κ1) is 58.2. The van der Waals surface area contributed by atoms with E-state index in [1.54, 1.807) is 19.1 Å². The van der Waals surface area contributed by atoms with Gasteiger partial charge in [-0.1, -0.05) is 57.2 Å². The van der Waals surface area contributed by atoms with E-state index in [1.165, 1.54) is 29.2 Å². The van der Waals surface area contributed by atoms with Crippen LogP contribution in [0.2, 0.25) is 0 Å². The molecule has 8 aliphatic rings. The first-order valence-electron chi connectivity index (χ1n) is 31.1. The van der Waals surface area contributed by atoms with Crippen molar-refractivity contribution in [1.29, 1.82) is 0 Å². The summed E-state index contributed by atoms with van der Waals surface area (Å²) >= 11 is 1.48. The van der Waals surface area contributed by atoms with Crippen LogP contribution in [0.4, 0.5) is 5.69 Å². The van der Waals surface area contributed by atoms with Gasteiger partial charge in [-0.15, -0.1) is 11.3 Å². The molecule has 1 spiro atoms. The number of carbonyl (C=O) groups is 4. The standard InChI is InChI=1S/C65H84N10O9S/c1-40-53(54(40)61(77)70(5)33-42-11-8-7-9-12-42)59(76)68-56-58(73-35-65(36-73)38-82-39-65)60-67-51(34-85-60)43-14-17-52-47(29-43)49(31-64(3,4)37-84-63(79)50-13-10-20-75(69-50)62(56)78)57(74(52)25-28-83-46-18-26-81-27-19-46)48-30-45(32-66-55(48)41(2)80-6)72-23-21-71(22-24-72)44-15-16-44/h7-9,11-12,14,17,29-30,32,34,40-41,44,46,50,53-54,56,58,69H,10,13,15-16,18-28,31,33,35-39H2,1-6H3,(H,68,76)/t40-,41+,50+,53-,54-,56+,58+/m1/s1. The molecule has 0 radical (unpaired) electrons. The van der Waals surface area contributed by atoms with Gasteiger partial charge in [0.05, 0.1) is 85.5 Å². The molecule has 20 heteroatoms. The van der Waals surface area contributed by atoms with Gasteiger partial charge in [-0.3, -0.25) is 39.0 Å². The second-order valence-corrected chi connectivity index (χ2v) is 27.3. The number of carbonyl (C=O) groups excluding carboxylic acids is 4. The number of esters is 1. The summed E-state index contributed by atoms with van der Waals surface area (Å²) in [5, 5.41) is 8.58.